The average molecular weight is 480 g/mol. The van der Waals surface area contributed by atoms with Gasteiger partial charge in [0.25, 0.3) is 0 Å². The van der Waals surface area contributed by atoms with Crippen molar-refractivity contribution in [3.8, 4) is 11.4 Å². The Labute approximate surface area is 201 Å². The van der Waals surface area contributed by atoms with Crippen LogP contribution in [0.1, 0.15) is 18.4 Å². The summed E-state index contributed by atoms with van der Waals surface area (Å²) in [6.45, 7) is 1.83. The average Bonchev–Trinajstić information content (AvgIpc) is 3.59. The Hall–Kier alpha value is -3.17. The molecular formula is C25H26FN5O2S. The first-order chi connectivity index (χ1) is 16.6. The minimum Gasteiger partial charge on any atom is -0.376 e. The molecule has 3 heterocycles. The Kier molecular flexibility index (Phi) is 6.64. The van der Waals surface area contributed by atoms with Gasteiger partial charge < -0.3 is 14.6 Å². The molecule has 0 saturated carbocycles. The molecule has 1 fully saturated rings. The number of carbonyl (C=O) groups excluding carboxylic acids is 1. The molecule has 1 aliphatic heterocycles. The molecule has 0 spiro atoms. The van der Waals surface area contributed by atoms with Gasteiger partial charge in [-0.05, 0) is 36.6 Å². The maximum absolute atomic E-state index is 13.2. The number of carbonyl (C=O) groups is 1. The van der Waals surface area contributed by atoms with Gasteiger partial charge in [0.1, 0.15) is 5.82 Å². The molecule has 34 heavy (non-hydrogen) atoms. The van der Waals surface area contributed by atoms with Crippen LogP contribution < -0.4 is 0 Å². The maximum atomic E-state index is 13.2. The van der Waals surface area contributed by atoms with Crippen molar-refractivity contribution in [2.75, 3.05) is 19.4 Å². The van der Waals surface area contributed by atoms with Crippen LogP contribution in [0.4, 0.5) is 4.39 Å². The Morgan fingerprint density at radius 1 is 1.24 bits per heavy atom. The molecule has 0 aliphatic carbocycles. The molecule has 1 saturated heterocycles. The van der Waals surface area contributed by atoms with Crippen LogP contribution in [0.15, 0.2) is 59.9 Å². The number of ether oxygens (including phenoxy) is 1. The molecule has 1 amide bonds. The van der Waals surface area contributed by atoms with Gasteiger partial charge in [0.15, 0.2) is 11.0 Å². The van der Waals surface area contributed by atoms with E-state index in [0.29, 0.717) is 18.2 Å². The van der Waals surface area contributed by atoms with E-state index in [1.54, 1.807) is 24.1 Å². The van der Waals surface area contributed by atoms with Crippen molar-refractivity contribution in [2.45, 2.75) is 37.2 Å². The van der Waals surface area contributed by atoms with Gasteiger partial charge >= 0.3 is 0 Å². The highest BCUT2D eigenvalue weighted by Crippen LogP contribution is 2.31. The number of H-pyrrole nitrogens is 1. The number of para-hydroxylation sites is 1. The topological polar surface area (TPSA) is 76.0 Å². The van der Waals surface area contributed by atoms with E-state index in [9.17, 15) is 9.18 Å². The lowest BCUT2D eigenvalue weighted by molar-refractivity contribution is -0.127. The number of nitrogens with zero attached hydrogens (tertiary/aromatic N) is 4. The summed E-state index contributed by atoms with van der Waals surface area (Å²) in [5.41, 5.74) is 2.90. The summed E-state index contributed by atoms with van der Waals surface area (Å²) in [6.07, 6.45) is 4.10. The van der Waals surface area contributed by atoms with Gasteiger partial charge in [0.2, 0.25) is 5.91 Å². The lowest BCUT2D eigenvalue weighted by atomic mass is 10.1. The highest BCUT2D eigenvalue weighted by Gasteiger charge is 2.24. The number of fused-ring (bicyclic) bond motifs is 1. The second-order valence-electron chi connectivity index (χ2n) is 8.46. The Morgan fingerprint density at radius 3 is 2.85 bits per heavy atom. The van der Waals surface area contributed by atoms with E-state index in [2.05, 4.69) is 25.8 Å². The fraction of sp³-hybridized carbons (Fsp3) is 0.320. The zero-order chi connectivity index (χ0) is 23.5. The SMILES string of the molecule is CN(Cc1ccc(F)cc1)C(=O)CSc1nnc(-c2c[nH]c3ccccc23)n1CC1CCCO1. The molecule has 7 nitrogen and oxygen atoms in total. The zero-order valence-electron chi connectivity index (χ0n) is 18.9. The number of nitrogens with one attached hydrogen (secondary N) is 1. The summed E-state index contributed by atoms with van der Waals surface area (Å²) in [7, 11) is 1.75. The van der Waals surface area contributed by atoms with Crippen molar-refractivity contribution >= 4 is 28.6 Å². The lowest BCUT2D eigenvalue weighted by Crippen LogP contribution is -2.28. The van der Waals surface area contributed by atoms with Crippen molar-refractivity contribution in [1.29, 1.82) is 0 Å². The molecule has 0 radical (unpaired) electrons. The molecule has 176 valence electrons. The first-order valence-corrected chi connectivity index (χ1v) is 12.3. The van der Waals surface area contributed by atoms with E-state index in [1.165, 1.54) is 23.9 Å². The summed E-state index contributed by atoms with van der Waals surface area (Å²) in [5, 5.41) is 10.7. The Morgan fingerprint density at radius 2 is 2.06 bits per heavy atom. The van der Waals surface area contributed by atoms with Crippen LogP contribution in [0.3, 0.4) is 0 Å². The standard InChI is InChI=1S/C25H26FN5O2S/c1-30(14-17-8-10-18(26)11-9-17)23(32)16-34-25-29-28-24(31(25)15-19-5-4-12-33-19)21-13-27-22-7-3-2-6-20(21)22/h2-3,6-11,13,19,27H,4-5,12,14-16H2,1H3. The van der Waals surface area contributed by atoms with Crippen LogP contribution in [0.2, 0.25) is 0 Å². The van der Waals surface area contributed by atoms with Gasteiger partial charge in [-0.3, -0.25) is 9.36 Å². The number of hydrogen-bond donors (Lipinski definition) is 1. The molecule has 2 aromatic heterocycles. The Balaban J connectivity index is 1.34. The monoisotopic (exact) mass is 479 g/mol. The van der Waals surface area contributed by atoms with E-state index in [4.69, 9.17) is 4.74 Å². The molecule has 9 heteroatoms. The molecule has 1 aliphatic rings. The normalized spacial score (nSPS) is 15.8. The Bertz CT molecular complexity index is 1280. The first-order valence-electron chi connectivity index (χ1n) is 11.3. The molecule has 1 N–H and O–H groups in total. The molecule has 1 unspecified atom stereocenters. The number of halogens is 1. The molecule has 4 aromatic rings. The van der Waals surface area contributed by atoms with Gasteiger partial charge in [-0.25, -0.2) is 4.39 Å². The van der Waals surface area contributed by atoms with E-state index < -0.39 is 0 Å². The maximum Gasteiger partial charge on any atom is 0.233 e. The summed E-state index contributed by atoms with van der Waals surface area (Å²) >= 11 is 1.38. The van der Waals surface area contributed by atoms with Crippen LogP contribution >= 0.6 is 11.8 Å². The van der Waals surface area contributed by atoms with Gasteiger partial charge in [-0.15, -0.1) is 10.2 Å². The van der Waals surface area contributed by atoms with Crippen LogP contribution in [0.5, 0.6) is 0 Å². The van der Waals surface area contributed by atoms with E-state index >= 15 is 0 Å². The molecule has 0 bridgehead atoms. The van der Waals surface area contributed by atoms with E-state index in [-0.39, 0.29) is 23.6 Å². The number of benzene rings is 2. The zero-order valence-corrected chi connectivity index (χ0v) is 19.7. The second-order valence-corrected chi connectivity index (χ2v) is 9.41. The predicted molar refractivity (Wildman–Crippen MR) is 130 cm³/mol. The summed E-state index contributed by atoms with van der Waals surface area (Å²) in [4.78, 5) is 17.7. The van der Waals surface area contributed by atoms with Crippen LogP contribution in [0, 0.1) is 5.82 Å². The van der Waals surface area contributed by atoms with Crippen LogP contribution in [-0.4, -0.2) is 56.1 Å². The van der Waals surface area contributed by atoms with Crippen molar-refractivity contribution in [2.24, 2.45) is 0 Å². The third kappa shape index (κ3) is 4.85. The third-order valence-electron chi connectivity index (χ3n) is 6.04. The highest BCUT2D eigenvalue weighted by atomic mass is 32.2. The number of hydrogen-bond acceptors (Lipinski definition) is 5. The summed E-state index contributed by atoms with van der Waals surface area (Å²) < 4.78 is 21.1. The molecule has 1 atom stereocenters. The summed E-state index contributed by atoms with van der Waals surface area (Å²) in [5.74, 6) is 0.678. The van der Waals surface area contributed by atoms with E-state index in [1.807, 2.05) is 24.4 Å². The van der Waals surface area contributed by atoms with E-state index in [0.717, 1.165) is 47.3 Å². The molecule has 2 aromatic carbocycles. The van der Waals surface area contributed by atoms with Gasteiger partial charge in [0.05, 0.1) is 18.4 Å². The van der Waals surface area contributed by atoms with Gasteiger partial charge in [-0.1, -0.05) is 42.1 Å². The van der Waals surface area contributed by atoms with Gasteiger partial charge in [0, 0.05) is 42.9 Å². The second kappa shape index (κ2) is 9.99. The lowest BCUT2D eigenvalue weighted by Gasteiger charge is -2.18. The smallest absolute Gasteiger partial charge is 0.233 e. The largest absolute Gasteiger partial charge is 0.376 e. The van der Waals surface area contributed by atoms with Crippen LogP contribution in [0.25, 0.3) is 22.3 Å². The fourth-order valence-corrected chi connectivity index (χ4v) is 5.08. The quantitative estimate of drug-likeness (QED) is 0.377. The first kappa shape index (κ1) is 22.6. The number of aromatic nitrogens is 4. The number of thioether (sulfide) groups is 1. The minimum atomic E-state index is -0.287. The summed E-state index contributed by atoms with van der Waals surface area (Å²) in [6, 6.07) is 14.3. The minimum absolute atomic E-state index is 0.0327. The van der Waals surface area contributed by atoms with Crippen molar-refractivity contribution < 1.29 is 13.9 Å². The third-order valence-corrected chi connectivity index (χ3v) is 6.99. The van der Waals surface area contributed by atoms with Crippen molar-refractivity contribution in [1.82, 2.24) is 24.6 Å². The van der Waals surface area contributed by atoms with Crippen LogP contribution in [-0.2, 0) is 22.6 Å². The van der Waals surface area contributed by atoms with Crippen molar-refractivity contribution in [3.63, 3.8) is 0 Å². The predicted octanol–water partition coefficient (Wildman–Crippen LogP) is 4.50. The molecular weight excluding hydrogens is 453 g/mol. The van der Waals surface area contributed by atoms with Gasteiger partial charge in [-0.2, -0.15) is 0 Å². The van der Waals surface area contributed by atoms with Crippen molar-refractivity contribution in [3.05, 3.63) is 66.1 Å². The highest BCUT2D eigenvalue weighted by molar-refractivity contribution is 7.99. The number of rotatable bonds is 8. The fourth-order valence-electron chi connectivity index (χ4n) is 4.20. The molecule has 5 rings (SSSR count). The number of aromatic amines is 1. The number of amides is 1.